The monoisotopic (exact) mass is 172 g/mol. The quantitative estimate of drug-likeness (QED) is 0.663. The first-order valence-corrected chi connectivity index (χ1v) is 4.97. The van der Waals surface area contributed by atoms with Crippen molar-refractivity contribution in [3.05, 3.63) is 0 Å². The summed E-state index contributed by atoms with van der Waals surface area (Å²) in [5.41, 5.74) is 0. The van der Waals surface area contributed by atoms with E-state index >= 15 is 0 Å². The second kappa shape index (κ2) is 4.24. The molecule has 3 atom stereocenters. The molecular weight excluding hydrogens is 152 g/mol. The van der Waals surface area contributed by atoms with Crippen molar-refractivity contribution in [2.24, 2.45) is 11.8 Å². The molecule has 0 spiro atoms. The Morgan fingerprint density at radius 1 is 1.25 bits per heavy atom. The van der Waals surface area contributed by atoms with Gasteiger partial charge in [0.15, 0.2) is 0 Å². The maximum Gasteiger partial charge on any atom is 0.0827 e. The highest BCUT2D eigenvalue weighted by molar-refractivity contribution is 4.81. The van der Waals surface area contributed by atoms with Crippen molar-refractivity contribution < 1.29 is 10.2 Å². The predicted molar refractivity (Wildman–Crippen MR) is 48.8 cm³/mol. The first-order valence-electron chi connectivity index (χ1n) is 4.97. The standard InChI is InChI=1S/C10H20O2/c1-7(2)6-8-4-3-5-9(11)10(8)12/h7-12H,3-6H2,1-2H3. The fraction of sp³-hybridized carbons (Fsp3) is 1.00. The van der Waals surface area contributed by atoms with Crippen molar-refractivity contribution in [2.45, 2.75) is 51.7 Å². The van der Waals surface area contributed by atoms with Gasteiger partial charge in [0.25, 0.3) is 0 Å². The van der Waals surface area contributed by atoms with Gasteiger partial charge in [-0.1, -0.05) is 20.3 Å². The molecule has 0 aromatic rings. The molecule has 3 unspecified atom stereocenters. The number of rotatable bonds is 2. The molecule has 0 saturated heterocycles. The van der Waals surface area contributed by atoms with Crippen LogP contribution >= 0.6 is 0 Å². The van der Waals surface area contributed by atoms with E-state index in [4.69, 9.17) is 0 Å². The topological polar surface area (TPSA) is 40.5 Å². The van der Waals surface area contributed by atoms with Crippen LogP contribution < -0.4 is 0 Å². The van der Waals surface area contributed by atoms with Gasteiger partial charge < -0.3 is 10.2 Å². The summed E-state index contributed by atoms with van der Waals surface area (Å²) < 4.78 is 0. The molecule has 0 aromatic carbocycles. The lowest BCUT2D eigenvalue weighted by atomic mass is 9.80. The molecule has 0 aliphatic heterocycles. The van der Waals surface area contributed by atoms with Crippen LogP contribution in [-0.4, -0.2) is 22.4 Å². The van der Waals surface area contributed by atoms with Gasteiger partial charge in [-0.25, -0.2) is 0 Å². The molecule has 12 heavy (non-hydrogen) atoms. The van der Waals surface area contributed by atoms with Crippen molar-refractivity contribution in [1.29, 1.82) is 0 Å². The van der Waals surface area contributed by atoms with Crippen LogP contribution in [0.2, 0.25) is 0 Å². The lowest BCUT2D eigenvalue weighted by molar-refractivity contribution is -0.0496. The third-order valence-electron chi connectivity index (χ3n) is 2.73. The van der Waals surface area contributed by atoms with E-state index in [-0.39, 0.29) is 0 Å². The third-order valence-corrected chi connectivity index (χ3v) is 2.73. The summed E-state index contributed by atoms with van der Waals surface area (Å²) in [4.78, 5) is 0. The van der Waals surface area contributed by atoms with Crippen molar-refractivity contribution in [2.75, 3.05) is 0 Å². The number of aliphatic hydroxyl groups excluding tert-OH is 2. The largest absolute Gasteiger partial charge is 0.390 e. The normalized spacial score (nSPS) is 37.2. The van der Waals surface area contributed by atoms with Crippen LogP contribution in [0.1, 0.15) is 39.5 Å². The smallest absolute Gasteiger partial charge is 0.0827 e. The fourth-order valence-electron chi connectivity index (χ4n) is 2.11. The van der Waals surface area contributed by atoms with Crippen LogP contribution in [-0.2, 0) is 0 Å². The minimum atomic E-state index is -0.471. The molecule has 0 heterocycles. The summed E-state index contributed by atoms with van der Waals surface area (Å²) >= 11 is 0. The van der Waals surface area contributed by atoms with E-state index < -0.39 is 12.2 Å². The molecule has 1 aliphatic carbocycles. The van der Waals surface area contributed by atoms with Crippen LogP contribution in [0.5, 0.6) is 0 Å². The van der Waals surface area contributed by atoms with Crippen LogP contribution in [0.25, 0.3) is 0 Å². The molecule has 1 saturated carbocycles. The molecule has 0 aromatic heterocycles. The highest BCUT2D eigenvalue weighted by Gasteiger charge is 2.30. The molecule has 0 radical (unpaired) electrons. The van der Waals surface area contributed by atoms with E-state index in [1.54, 1.807) is 0 Å². The summed E-state index contributed by atoms with van der Waals surface area (Å²) in [6.45, 7) is 4.32. The van der Waals surface area contributed by atoms with Gasteiger partial charge in [-0.15, -0.1) is 0 Å². The Kier molecular flexibility index (Phi) is 3.53. The highest BCUT2D eigenvalue weighted by Crippen LogP contribution is 2.29. The van der Waals surface area contributed by atoms with Gasteiger partial charge in [-0.05, 0) is 31.1 Å². The average Bonchev–Trinajstić information content (AvgIpc) is 1.98. The van der Waals surface area contributed by atoms with Crippen LogP contribution in [0.3, 0.4) is 0 Å². The average molecular weight is 172 g/mol. The molecule has 0 bridgehead atoms. The van der Waals surface area contributed by atoms with Gasteiger partial charge in [0.1, 0.15) is 0 Å². The Morgan fingerprint density at radius 3 is 2.50 bits per heavy atom. The van der Waals surface area contributed by atoms with E-state index in [2.05, 4.69) is 13.8 Å². The Morgan fingerprint density at radius 2 is 1.92 bits per heavy atom. The molecule has 1 aliphatic rings. The fourth-order valence-corrected chi connectivity index (χ4v) is 2.11. The summed E-state index contributed by atoms with van der Waals surface area (Å²) in [5, 5.41) is 19.0. The van der Waals surface area contributed by atoms with Crippen molar-refractivity contribution in [1.82, 2.24) is 0 Å². The van der Waals surface area contributed by atoms with Crippen molar-refractivity contribution >= 4 is 0 Å². The van der Waals surface area contributed by atoms with Crippen LogP contribution in [0.15, 0.2) is 0 Å². The lowest BCUT2D eigenvalue weighted by Gasteiger charge is -2.32. The number of aliphatic hydroxyl groups is 2. The first-order chi connectivity index (χ1) is 5.61. The second-order valence-corrected chi connectivity index (χ2v) is 4.38. The van der Waals surface area contributed by atoms with E-state index in [0.717, 1.165) is 25.7 Å². The molecule has 2 heteroatoms. The number of hydrogen-bond acceptors (Lipinski definition) is 2. The Hall–Kier alpha value is -0.0800. The zero-order chi connectivity index (χ0) is 9.14. The SMILES string of the molecule is CC(C)CC1CCCC(O)C1O. The summed E-state index contributed by atoms with van der Waals surface area (Å²) in [5.74, 6) is 0.948. The minimum Gasteiger partial charge on any atom is -0.390 e. The summed E-state index contributed by atoms with van der Waals surface area (Å²) in [6, 6.07) is 0. The van der Waals surface area contributed by atoms with E-state index in [1.165, 1.54) is 0 Å². The molecule has 72 valence electrons. The van der Waals surface area contributed by atoms with Gasteiger partial charge in [0.05, 0.1) is 12.2 Å². The lowest BCUT2D eigenvalue weighted by Crippen LogP contribution is -2.37. The van der Waals surface area contributed by atoms with Crippen molar-refractivity contribution in [3.8, 4) is 0 Å². The van der Waals surface area contributed by atoms with E-state index in [0.29, 0.717) is 11.8 Å². The maximum atomic E-state index is 9.64. The van der Waals surface area contributed by atoms with Gasteiger partial charge in [0.2, 0.25) is 0 Å². The van der Waals surface area contributed by atoms with Gasteiger partial charge >= 0.3 is 0 Å². The minimum absolute atomic E-state index is 0.328. The Bertz CT molecular complexity index is 134. The molecule has 1 rings (SSSR count). The summed E-state index contributed by atoms with van der Waals surface area (Å²) in [6.07, 6.45) is 3.02. The predicted octanol–water partition coefficient (Wildman–Crippen LogP) is 1.55. The number of hydrogen-bond donors (Lipinski definition) is 2. The van der Waals surface area contributed by atoms with Crippen molar-refractivity contribution in [3.63, 3.8) is 0 Å². The van der Waals surface area contributed by atoms with Gasteiger partial charge in [-0.2, -0.15) is 0 Å². The molecular formula is C10H20O2. The third kappa shape index (κ3) is 2.46. The van der Waals surface area contributed by atoms with E-state index in [9.17, 15) is 10.2 Å². The zero-order valence-corrected chi connectivity index (χ0v) is 8.03. The Labute approximate surface area is 74.6 Å². The molecule has 1 fully saturated rings. The second-order valence-electron chi connectivity index (χ2n) is 4.38. The van der Waals surface area contributed by atoms with Crippen LogP contribution in [0.4, 0.5) is 0 Å². The van der Waals surface area contributed by atoms with Gasteiger partial charge in [-0.3, -0.25) is 0 Å². The maximum absolute atomic E-state index is 9.64. The van der Waals surface area contributed by atoms with Gasteiger partial charge in [0, 0.05) is 0 Å². The molecule has 2 nitrogen and oxygen atoms in total. The summed E-state index contributed by atoms with van der Waals surface area (Å²) in [7, 11) is 0. The highest BCUT2D eigenvalue weighted by atomic mass is 16.3. The zero-order valence-electron chi connectivity index (χ0n) is 8.03. The molecule has 2 N–H and O–H groups in total. The van der Waals surface area contributed by atoms with Crippen LogP contribution in [0, 0.1) is 11.8 Å². The Balaban J connectivity index is 2.41. The molecule has 0 amide bonds. The first kappa shape index (κ1) is 10.0. The van der Waals surface area contributed by atoms with E-state index in [1.807, 2.05) is 0 Å².